The maximum Gasteiger partial charge on any atom is 0.282 e. The van der Waals surface area contributed by atoms with Gasteiger partial charge in [-0.25, -0.2) is 0 Å². The molecule has 6 nitrogen and oxygen atoms in total. The molecule has 0 bridgehead atoms. The van der Waals surface area contributed by atoms with Crippen LogP contribution in [0.25, 0.3) is 0 Å². The van der Waals surface area contributed by atoms with Crippen molar-refractivity contribution in [1.29, 1.82) is 0 Å². The molecule has 0 atom stereocenters. The van der Waals surface area contributed by atoms with Crippen molar-refractivity contribution in [2.24, 2.45) is 15.2 Å². The first kappa shape index (κ1) is 15.7. The number of hydrogen-bond acceptors (Lipinski definition) is 4. The first-order valence-corrected chi connectivity index (χ1v) is 9.92. The molecule has 0 aliphatic heterocycles. The van der Waals surface area contributed by atoms with Gasteiger partial charge in [0.1, 0.15) is 0 Å². The topological polar surface area (TPSA) is 89.6 Å². The summed E-state index contributed by atoms with van der Waals surface area (Å²) in [4.78, 5) is 10.2. The lowest BCUT2D eigenvalue weighted by molar-refractivity contribution is -0.384. The fraction of sp³-hybridized carbons (Fsp3) is 0.588. The van der Waals surface area contributed by atoms with Crippen LogP contribution in [0.1, 0.15) is 51.4 Å². The fourth-order valence-electron chi connectivity index (χ4n) is 4.56. The van der Waals surface area contributed by atoms with Crippen LogP contribution in [0.4, 0.5) is 5.69 Å². The first-order chi connectivity index (χ1) is 11.4. The Bertz CT molecular complexity index is 795. The van der Waals surface area contributed by atoms with Gasteiger partial charge in [-0.3, -0.25) is 10.1 Å². The van der Waals surface area contributed by atoms with E-state index in [1.54, 1.807) is 0 Å². The molecule has 1 aromatic carbocycles. The Kier molecular flexibility index (Phi) is 3.36. The van der Waals surface area contributed by atoms with Crippen LogP contribution in [0.2, 0.25) is 0 Å². The third-order valence-electron chi connectivity index (χ3n) is 6.26. The van der Waals surface area contributed by atoms with Crippen molar-refractivity contribution in [3.05, 3.63) is 34.4 Å². The van der Waals surface area contributed by atoms with Gasteiger partial charge in [0.2, 0.25) is 0 Å². The van der Waals surface area contributed by atoms with E-state index in [0.717, 1.165) is 57.1 Å². The third-order valence-corrected chi connectivity index (χ3v) is 7.56. The van der Waals surface area contributed by atoms with E-state index in [2.05, 4.69) is 4.40 Å². The van der Waals surface area contributed by atoms with E-state index in [1.807, 2.05) is 0 Å². The lowest BCUT2D eigenvalue weighted by Crippen LogP contribution is -2.44. The normalized spacial score (nSPS) is 23.8. The smallest absolute Gasteiger partial charge is 0.258 e. The van der Waals surface area contributed by atoms with Crippen LogP contribution in [-0.2, 0) is 10.0 Å². The molecule has 0 saturated heterocycles. The molecule has 3 fully saturated rings. The summed E-state index contributed by atoms with van der Waals surface area (Å²) in [7, 11) is -3.82. The summed E-state index contributed by atoms with van der Waals surface area (Å²) >= 11 is 0. The Labute approximate surface area is 141 Å². The lowest BCUT2D eigenvalue weighted by atomic mass is 9.59. The highest BCUT2D eigenvalue weighted by Gasteiger charge is 2.59. The molecule has 3 saturated carbocycles. The van der Waals surface area contributed by atoms with Crippen LogP contribution < -0.4 is 0 Å². The molecular formula is C17H20N2O4S. The molecular weight excluding hydrogens is 328 g/mol. The maximum absolute atomic E-state index is 12.8. The number of nitrogens with zero attached hydrogens (tertiary/aromatic N) is 2. The predicted molar refractivity (Wildman–Crippen MR) is 89.5 cm³/mol. The second-order valence-corrected chi connectivity index (χ2v) is 9.04. The Morgan fingerprint density at radius 3 is 1.79 bits per heavy atom. The van der Waals surface area contributed by atoms with Crippen LogP contribution in [0.15, 0.2) is 33.6 Å². The number of sulfonamides is 1. The van der Waals surface area contributed by atoms with E-state index < -0.39 is 14.9 Å². The number of nitro benzene ring substituents is 1. The van der Waals surface area contributed by atoms with E-state index in [1.165, 1.54) is 24.3 Å². The van der Waals surface area contributed by atoms with Crippen molar-refractivity contribution >= 4 is 21.4 Å². The number of rotatable bonds is 3. The van der Waals surface area contributed by atoms with Gasteiger partial charge in [-0.05, 0) is 50.7 Å². The highest BCUT2D eigenvalue weighted by atomic mass is 32.2. The third kappa shape index (κ3) is 2.21. The number of nitro groups is 1. The molecule has 0 unspecified atom stereocenters. The average molecular weight is 348 g/mol. The second kappa shape index (κ2) is 5.12. The summed E-state index contributed by atoms with van der Waals surface area (Å²) in [5, 5.41) is 10.7. The van der Waals surface area contributed by atoms with Crippen molar-refractivity contribution < 1.29 is 13.3 Å². The summed E-state index contributed by atoms with van der Waals surface area (Å²) in [6, 6.07) is 5.01. The molecule has 0 radical (unpaired) electrons. The van der Waals surface area contributed by atoms with Crippen molar-refractivity contribution in [3.63, 3.8) is 0 Å². The Morgan fingerprint density at radius 1 is 0.917 bits per heavy atom. The Morgan fingerprint density at radius 2 is 1.42 bits per heavy atom. The minimum absolute atomic E-state index is 0.00820. The fourth-order valence-corrected chi connectivity index (χ4v) is 5.78. The van der Waals surface area contributed by atoms with Gasteiger partial charge in [-0.2, -0.15) is 12.8 Å². The molecule has 2 spiro atoms. The minimum atomic E-state index is -3.82. The van der Waals surface area contributed by atoms with Crippen molar-refractivity contribution in [2.75, 3.05) is 0 Å². The van der Waals surface area contributed by atoms with Crippen LogP contribution in [-0.4, -0.2) is 19.1 Å². The molecule has 1 aromatic rings. The highest BCUT2D eigenvalue weighted by molar-refractivity contribution is 7.90. The lowest BCUT2D eigenvalue weighted by Gasteiger charge is -2.45. The molecule has 0 N–H and O–H groups in total. The summed E-state index contributed by atoms with van der Waals surface area (Å²) in [6.45, 7) is 0. The van der Waals surface area contributed by atoms with Crippen LogP contribution in [0.3, 0.4) is 0 Å². The molecule has 0 heterocycles. The zero-order valence-corrected chi connectivity index (χ0v) is 14.2. The van der Waals surface area contributed by atoms with Gasteiger partial charge >= 0.3 is 0 Å². The van der Waals surface area contributed by atoms with Crippen LogP contribution >= 0.6 is 0 Å². The van der Waals surface area contributed by atoms with Gasteiger partial charge < -0.3 is 0 Å². The zero-order valence-electron chi connectivity index (χ0n) is 13.4. The van der Waals surface area contributed by atoms with Gasteiger partial charge in [0.25, 0.3) is 15.7 Å². The second-order valence-electron chi connectivity index (χ2n) is 7.43. The molecule has 0 aromatic heterocycles. The van der Waals surface area contributed by atoms with Gasteiger partial charge in [0.05, 0.1) is 9.82 Å². The van der Waals surface area contributed by atoms with E-state index in [9.17, 15) is 18.5 Å². The largest absolute Gasteiger partial charge is 0.282 e. The van der Waals surface area contributed by atoms with Crippen LogP contribution in [0, 0.1) is 20.9 Å². The first-order valence-electron chi connectivity index (χ1n) is 8.48. The van der Waals surface area contributed by atoms with Crippen molar-refractivity contribution in [1.82, 2.24) is 0 Å². The number of benzene rings is 1. The summed E-state index contributed by atoms with van der Waals surface area (Å²) in [5.74, 6) is 0. The molecule has 3 aliphatic carbocycles. The SMILES string of the molecule is O=[N+]([O-])c1ccc(S(=O)(=O)N=C2C3(CCC3)CCC23CCC3)cc1. The average Bonchev–Trinajstić information content (AvgIpc) is 2.82. The Balaban J connectivity index is 1.73. The summed E-state index contributed by atoms with van der Waals surface area (Å²) in [5.41, 5.74) is 0.807. The predicted octanol–water partition coefficient (Wildman–Crippen LogP) is 3.86. The van der Waals surface area contributed by atoms with E-state index in [-0.39, 0.29) is 21.4 Å². The van der Waals surface area contributed by atoms with Crippen molar-refractivity contribution in [3.8, 4) is 0 Å². The Hall–Kier alpha value is -1.76. The van der Waals surface area contributed by atoms with E-state index in [4.69, 9.17) is 0 Å². The maximum atomic E-state index is 12.8. The quantitative estimate of drug-likeness (QED) is 0.613. The van der Waals surface area contributed by atoms with E-state index >= 15 is 0 Å². The standard InChI is InChI=1S/C17H20N2O4S/c20-19(21)13-3-5-14(6-4-13)24(22,23)18-15-16(7-1-8-16)11-12-17(15)9-2-10-17/h3-6H,1-2,7-12H2. The van der Waals surface area contributed by atoms with Gasteiger partial charge in [-0.15, -0.1) is 0 Å². The van der Waals surface area contributed by atoms with Gasteiger partial charge in [0.15, 0.2) is 0 Å². The number of non-ortho nitro benzene ring substituents is 1. The molecule has 128 valence electrons. The zero-order chi connectivity index (χ0) is 17.0. The summed E-state index contributed by atoms with van der Waals surface area (Å²) in [6.07, 6.45) is 8.59. The summed E-state index contributed by atoms with van der Waals surface area (Å²) < 4.78 is 29.9. The molecule has 3 aliphatic rings. The van der Waals surface area contributed by atoms with Crippen LogP contribution in [0.5, 0.6) is 0 Å². The molecule has 7 heteroatoms. The van der Waals surface area contributed by atoms with Gasteiger partial charge in [0, 0.05) is 28.7 Å². The van der Waals surface area contributed by atoms with E-state index in [0.29, 0.717) is 0 Å². The molecule has 0 amide bonds. The van der Waals surface area contributed by atoms with Crippen molar-refractivity contribution in [2.45, 2.75) is 56.3 Å². The minimum Gasteiger partial charge on any atom is -0.258 e. The molecule has 4 rings (SSSR count). The molecule has 24 heavy (non-hydrogen) atoms. The number of hydrogen-bond donors (Lipinski definition) is 0. The monoisotopic (exact) mass is 348 g/mol. The highest BCUT2D eigenvalue weighted by Crippen LogP contribution is 2.64. The van der Waals surface area contributed by atoms with Gasteiger partial charge in [-0.1, -0.05) is 12.8 Å².